The summed E-state index contributed by atoms with van der Waals surface area (Å²) in [5.41, 5.74) is 3.15. The Morgan fingerprint density at radius 1 is 1.08 bits per heavy atom. The molecule has 0 saturated heterocycles. The monoisotopic (exact) mass is 324 g/mol. The summed E-state index contributed by atoms with van der Waals surface area (Å²) in [6.45, 7) is 1.39. The average molecular weight is 324 g/mol. The number of hydrogen-bond acceptors (Lipinski definition) is 5. The lowest BCUT2D eigenvalue weighted by atomic mass is 10.1. The maximum absolute atomic E-state index is 9.68. The van der Waals surface area contributed by atoms with E-state index in [1.54, 1.807) is 20.3 Å². The van der Waals surface area contributed by atoms with Gasteiger partial charge in [0.15, 0.2) is 11.5 Å². The standard InChI is InChI=1S/C19H20N2O3/c1-23-17-6-4-16(5-7-17)21-12-15(11-20-13-21)9-14-3-8-18(22)19(10-14)24-2/h3-11,22H,12-13H2,1-2H3/b15-9-. The Labute approximate surface area is 141 Å². The molecule has 1 N–H and O–H groups in total. The van der Waals surface area contributed by atoms with Gasteiger partial charge >= 0.3 is 0 Å². The smallest absolute Gasteiger partial charge is 0.161 e. The van der Waals surface area contributed by atoms with Gasteiger partial charge in [-0.15, -0.1) is 0 Å². The number of hydrogen-bond donors (Lipinski definition) is 1. The molecule has 1 aliphatic rings. The van der Waals surface area contributed by atoms with Crippen LogP contribution in [0.15, 0.2) is 53.0 Å². The van der Waals surface area contributed by atoms with Crippen molar-refractivity contribution >= 4 is 18.0 Å². The van der Waals surface area contributed by atoms with Crippen LogP contribution in [0, 0.1) is 0 Å². The Balaban J connectivity index is 1.79. The normalized spacial score (nSPS) is 15.6. The Morgan fingerprint density at radius 3 is 2.58 bits per heavy atom. The fourth-order valence-electron chi connectivity index (χ4n) is 2.61. The van der Waals surface area contributed by atoms with Crippen molar-refractivity contribution < 1.29 is 14.6 Å². The number of rotatable bonds is 4. The Hall–Kier alpha value is -2.95. The zero-order valence-corrected chi connectivity index (χ0v) is 13.8. The third-order valence-corrected chi connectivity index (χ3v) is 3.88. The van der Waals surface area contributed by atoms with Crippen molar-refractivity contribution in [2.75, 3.05) is 32.3 Å². The third kappa shape index (κ3) is 3.51. The van der Waals surface area contributed by atoms with E-state index >= 15 is 0 Å². The Kier molecular flexibility index (Phi) is 4.70. The van der Waals surface area contributed by atoms with Crippen LogP contribution in [0.5, 0.6) is 17.2 Å². The van der Waals surface area contributed by atoms with Crippen LogP contribution < -0.4 is 14.4 Å². The van der Waals surface area contributed by atoms with E-state index < -0.39 is 0 Å². The minimum absolute atomic E-state index is 0.136. The van der Waals surface area contributed by atoms with E-state index in [0.717, 1.165) is 29.1 Å². The van der Waals surface area contributed by atoms with Crippen molar-refractivity contribution in [1.29, 1.82) is 0 Å². The van der Waals surface area contributed by atoms with E-state index in [0.29, 0.717) is 12.4 Å². The number of benzene rings is 2. The van der Waals surface area contributed by atoms with E-state index in [9.17, 15) is 5.11 Å². The van der Waals surface area contributed by atoms with Crippen LogP contribution in [0.3, 0.4) is 0 Å². The average Bonchev–Trinajstić information content (AvgIpc) is 2.63. The first kappa shape index (κ1) is 15.9. The van der Waals surface area contributed by atoms with Gasteiger partial charge < -0.3 is 19.5 Å². The van der Waals surface area contributed by atoms with Gasteiger partial charge in [0.05, 0.1) is 14.2 Å². The van der Waals surface area contributed by atoms with Gasteiger partial charge in [-0.25, -0.2) is 0 Å². The van der Waals surface area contributed by atoms with Gasteiger partial charge in [-0.2, -0.15) is 0 Å². The summed E-state index contributed by atoms with van der Waals surface area (Å²) < 4.78 is 10.3. The molecule has 124 valence electrons. The lowest BCUT2D eigenvalue weighted by molar-refractivity contribution is 0.373. The topological polar surface area (TPSA) is 54.3 Å². The summed E-state index contributed by atoms with van der Waals surface area (Å²) in [5.74, 6) is 1.44. The van der Waals surface area contributed by atoms with Crippen molar-refractivity contribution in [3.05, 3.63) is 53.6 Å². The first-order valence-corrected chi connectivity index (χ1v) is 7.66. The minimum atomic E-state index is 0.136. The van der Waals surface area contributed by atoms with Crippen molar-refractivity contribution in [2.24, 2.45) is 4.99 Å². The summed E-state index contributed by atoms with van der Waals surface area (Å²) in [6, 6.07) is 13.2. The van der Waals surface area contributed by atoms with Crippen LogP contribution in [0.1, 0.15) is 5.56 Å². The summed E-state index contributed by atoms with van der Waals surface area (Å²) in [4.78, 5) is 6.62. The van der Waals surface area contributed by atoms with Gasteiger partial charge in [-0.1, -0.05) is 6.07 Å². The number of aliphatic imine (C=N–C) groups is 1. The molecule has 5 nitrogen and oxygen atoms in total. The minimum Gasteiger partial charge on any atom is -0.504 e. The van der Waals surface area contributed by atoms with Crippen molar-refractivity contribution in [2.45, 2.75) is 0 Å². The molecule has 0 amide bonds. The van der Waals surface area contributed by atoms with Gasteiger partial charge in [0.2, 0.25) is 0 Å². The molecule has 0 aliphatic carbocycles. The third-order valence-electron chi connectivity index (χ3n) is 3.88. The molecule has 0 bridgehead atoms. The maximum atomic E-state index is 9.68. The zero-order chi connectivity index (χ0) is 16.9. The van der Waals surface area contributed by atoms with Crippen LogP contribution in [-0.2, 0) is 0 Å². The van der Waals surface area contributed by atoms with E-state index in [2.05, 4.69) is 9.89 Å². The Morgan fingerprint density at radius 2 is 1.88 bits per heavy atom. The van der Waals surface area contributed by atoms with Gasteiger partial charge in [-0.3, -0.25) is 4.99 Å². The summed E-state index contributed by atoms with van der Waals surface area (Å²) in [7, 11) is 3.20. The number of methoxy groups -OCH3 is 2. The lowest BCUT2D eigenvalue weighted by Gasteiger charge is -2.26. The highest BCUT2D eigenvalue weighted by Gasteiger charge is 2.12. The fraction of sp³-hybridized carbons (Fsp3) is 0.211. The molecule has 3 rings (SSSR count). The molecule has 2 aromatic carbocycles. The fourth-order valence-corrected chi connectivity index (χ4v) is 2.61. The van der Waals surface area contributed by atoms with Crippen molar-refractivity contribution in [3.8, 4) is 17.2 Å². The highest BCUT2D eigenvalue weighted by Crippen LogP contribution is 2.28. The van der Waals surface area contributed by atoms with E-state index in [1.165, 1.54) is 0 Å². The molecule has 0 spiro atoms. The van der Waals surface area contributed by atoms with Gasteiger partial charge in [0.1, 0.15) is 12.4 Å². The molecule has 0 aromatic heterocycles. The predicted octanol–water partition coefficient (Wildman–Crippen LogP) is 3.34. The van der Waals surface area contributed by atoms with Gasteiger partial charge in [0.25, 0.3) is 0 Å². The molecule has 5 heteroatoms. The summed E-state index contributed by atoms with van der Waals surface area (Å²) in [6.07, 6.45) is 3.93. The van der Waals surface area contributed by atoms with E-state index in [1.807, 2.05) is 48.7 Å². The molecule has 2 aromatic rings. The molecule has 1 heterocycles. The predicted molar refractivity (Wildman–Crippen MR) is 96.3 cm³/mol. The van der Waals surface area contributed by atoms with Gasteiger partial charge in [-0.05, 0) is 53.6 Å². The molecular weight excluding hydrogens is 304 g/mol. The largest absolute Gasteiger partial charge is 0.504 e. The number of aromatic hydroxyl groups is 1. The molecule has 0 unspecified atom stereocenters. The lowest BCUT2D eigenvalue weighted by Crippen LogP contribution is -2.29. The quantitative estimate of drug-likeness (QED) is 0.937. The highest BCUT2D eigenvalue weighted by molar-refractivity contribution is 5.88. The first-order chi connectivity index (χ1) is 11.7. The number of anilines is 1. The zero-order valence-electron chi connectivity index (χ0n) is 13.8. The maximum Gasteiger partial charge on any atom is 0.161 e. The van der Waals surface area contributed by atoms with Crippen LogP contribution >= 0.6 is 0 Å². The summed E-state index contributed by atoms with van der Waals surface area (Å²) in [5, 5.41) is 9.68. The SMILES string of the molecule is COc1ccc(N2CN=C/C(=C/c3ccc(O)c(OC)c3)C2)cc1. The van der Waals surface area contributed by atoms with Gasteiger partial charge in [0, 0.05) is 18.4 Å². The number of nitrogens with zero attached hydrogens (tertiary/aromatic N) is 2. The second-order valence-electron chi connectivity index (χ2n) is 5.50. The van der Waals surface area contributed by atoms with Crippen LogP contribution in [0.2, 0.25) is 0 Å². The molecule has 0 atom stereocenters. The molecule has 24 heavy (non-hydrogen) atoms. The van der Waals surface area contributed by atoms with Crippen molar-refractivity contribution in [3.63, 3.8) is 0 Å². The second kappa shape index (κ2) is 7.08. The van der Waals surface area contributed by atoms with E-state index in [4.69, 9.17) is 9.47 Å². The number of ether oxygens (including phenoxy) is 2. The van der Waals surface area contributed by atoms with E-state index in [-0.39, 0.29) is 5.75 Å². The highest BCUT2D eigenvalue weighted by atomic mass is 16.5. The molecule has 0 radical (unpaired) electrons. The number of phenolic OH excluding ortho intramolecular Hbond substituents is 1. The number of phenols is 1. The van der Waals surface area contributed by atoms with Crippen molar-refractivity contribution in [1.82, 2.24) is 0 Å². The Bertz CT molecular complexity index is 767. The van der Waals surface area contributed by atoms with Crippen LogP contribution in [0.4, 0.5) is 5.69 Å². The molecule has 1 aliphatic heterocycles. The van der Waals surface area contributed by atoms with Crippen LogP contribution in [0.25, 0.3) is 6.08 Å². The molecular formula is C19H20N2O3. The first-order valence-electron chi connectivity index (χ1n) is 7.66. The summed E-state index contributed by atoms with van der Waals surface area (Å²) >= 11 is 0. The molecule has 0 saturated carbocycles. The second-order valence-corrected chi connectivity index (χ2v) is 5.50. The molecule has 0 fully saturated rings. The van der Waals surface area contributed by atoms with Crippen LogP contribution in [-0.4, -0.2) is 38.8 Å².